The van der Waals surface area contributed by atoms with E-state index in [2.05, 4.69) is 22.5 Å². The van der Waals surface area contributed by atoms with E-state index in [4.69, 9.17) is 5.73 Å². The van der Waals surface area contributed by atoms with E-state index in [1.165, 1.54) is 5.56 Å². The summed E-state index contributed by atoms with van der Waals surface area (Å²) in [5.41, 5.74) is 10.1. The fourth-order valence-corrected chi connectivity index (χ4v) is 2.06. The first-order chi connectivity index (χ1) is 7.13. The van der Waals surface area contributed by atoms with Crippen molar-refractivity contribution in [1.29, 1.82) is 0 Å². The second-order valence-electron chi connectivity index (χ2n) is 4.03. The third-order valence-electron chi connectivity index (χ3n) is 2.65. The van der Waals surface area contributed by atoms with Crippen LogP contribution in [-0.4, -0.2) is 9.55 Å². The molecular formula is C12H17N3. The van der Waals surface area contributed by atoms with Gasteiger partial charge in [-0.15, -0.1) is 0 Å². The van der Waals surface area contributed by atoms with Crippen LogP contribution in [0.4, 0.5) is 5.69 Å². The van der Waals surface area contributed by atoms with Crippen molar-refractivity contribution in [2.75, 3.05) is 5.73 Å². The number of imidazole rings is 1. The molecule has 0 aliphatic rings. The van der Waals surface area contributed by atoms with Gasteiger partial charge in [-0.25, -0.2) is 4.98 Å². The summed E-state index contributed by atoms with van der Waals surface area (Å²) >= 11 is 0. The summed E-state index contributed by atoms with van der Waals surface area (Å²) < 4.78 is 2.20. The number of nitrogens with two attached hydrogens (primary N) is 1. The van der Waals surface area contributed by atoms with Gasteiger partial charge in [0.1, 0.15) is 5.82 Å². The Bertz CT molecular complexity index is 497. The number of benzene rings is 1. The lowest BCUT2D eigenvalue weighted by Crippen LogP contribution is -2.01. The second-order valence-corrected chi connectivity index (χ2v) is 4.03. The molecular weight excluding hydrogens is 186 g/mol. The molecule has 0 unspecified atom stereocenters. The van der Waals surface area contributed by atoms with Gasteiger partial charge in [-0.05, 0) is 38.0 Å². The zero-order chi connectivity index (χ0) is 11.0. The maximum Gasteiger partial charge on any atom is 0.106 e. The highest BCUT2D eigenvalue weighted by molar-refractivity contribution is 5.88. The van der Waals surface area contributed by atoms with Crippen LogP contribution in [0.3, 0.4) is 0 Å². The number of rotatable bonds is 2. The van der Waals surface area contributed by atoms with E-state index in [9.17, 15) is 0 Å². The summed E-state index contributed by atoms with van der Waals surface area (Å²) in [4.78, 5) is 4.54. The lowest BCUT2D eigenvalue weighted by Gasteiger charge is -2.06. The predicted molar refractivity (Wildman–Crippen MR) is 63.9 cm³/mol. The summed E-state index contributed by atoms with van der Waals surface area (Å²) in [7, 11) is 0. The monoisotopic (exact) mass is 203 g/mol. The maximum atomic E-state index is 6.04. The Labute approximate surface area is 89.9 Å². The van der Waals surface area contributed by atoms with Crippen molar-refractivity contribution >= 4 is 16.7 Å². The molecule has 0 aliphatic carbocycles. The molecule has 2 rings (SSSR count). The average Bonchev–Trinajstić information content (AvgIpc) is 2.43. The summed E-state index contributed by atoms with van der Waals surface area (Å²) in [6, 6.07) is 4.10. The Kier molecular flexibility index (Phi) is 2.39. The van der Waals surface area contributed by atoms with Crippen LogP contribution in [0, 0.1) is 13.8 Å². The van der Waals surface area contributed by atoms with Gasteiger partial charge in [-0.3, -0.25) is 0 Å². The van der Waals surface area contributed by atoms with Crippen molar-refractivity contribution in [1.82, 2.24) is 9.55 Å². The number of anilines is 1. The van der Waals surface area contributed by atoms with Crippen molar-refractivity contribution in [3.63, 3.8) is 0 Å². The van der Waals surface area contributed by atoms with Crippen molar-refractivity contribution in [3.8, 4) is 0 Å². The van der Waals surface area contributed by atoms with Gasteiger partial charge in [0.2, 0.25) is 0 Å². The van der Waals surface area contributed by atoms with Crippen LogP contribution >= 0.6 is 0 Å². The summed E-state index contributed by atoms with van der Waals surface area (Å²) in [6.07, 6.45) is 1.10. The third kappa shape index (κ3) is 1.58. The first kappa shape index (κ1) is 10.0. The largest absolute Gasteiger partial charge is 0.397 e. The quantitative estimate of drug-likeness (QED) is 0.762. The molecule has 0 atom stereocenters. The van der Waals surface area contributed by atoms with Crippen molar-refractivity contribution < 1.29 is 0 Å². The Morgan fingerprint density at radius 2 is 2.07 bits per heavy atom. The number of fused-ring (bicyclic) bond motifs is 1. The minimum absolute atomic E-state index is 0.832. The third-order valence-corrected chi connectivity index (χ3v) is 2.65. The van der Waals surface area contributed by atoms with E-state index in [1.54, 1.807) is 0 Å². The number of nitrogen functional groups attached to an aromatic ring is 1. The van der Waals surface area contributed by atoms with Crippen LogP contribution in [-0.2, 0) is 6.54 Å². The van der Waals surface area contributed by atoms with E-state index >= 15 is 0 Å². The summed E-state index contributed by atoms with van der Waals surface area (Å²) in [5.74, 6) is 1.05. The molecule has 15 heavy (non-hydrogen) atoms. The summed E-state index contributed by atoms with van der Waals surface area (Å²) in [5, 5.41) is 0. The Morgan fingerprint density at radius 3 is 2.73 bits per heavy atom. The molecule has 3 nitrogen and oxygen atoms in total. The first-order valence-electron chi connectivity index (χ1n) is 5.36. The molecule has 2 N–H and O–H groups in total. The van der Waals surface area contributed by atoms with E-state index < -0.39 is 0 Å². The zero-order valence-corrected chi connectivity index (χ0v) is 9.54. The van der Waals surface area contributed by atoms with Gasteiger partial charge in [0.25, 0.3) is 0 Å². The number of hydrogen-bond donors (Lipinski definition) is 1. The molecule has 1 heterocycles. The molecule has 1 aromatic carbocycles. The molecule has 0 fully saturated rings. The molecule has 0 aliphatic heterocycles. The maximum absolute atomic E-state index is 6.04. The molecule has 80 valence electrons. The molecule has 0 bridgehead atoms. The lowest BCUT2D eigenvalue weighted by molar-refractivity contribution is 0.676. The Morgan fingerprint density at radius 1 is 1.33 bits per heavy atom. The van der Waals surface area contributed by atoms with Gasteiger partial charge in [0.05, 0.1) is 16.7 Å². The molecule has 3 heteroatoms. The van der Waals surface area contributed by atoms with Crippen LogP contribution in [0.5, 0.6) is 0 Å². The van der Waals surface area contributed by atoms with E-state index in [1.807, 2.05) is 19.9 Å². The van der Waals surface area contributed by atoms with Gasteiger partial charge < -0.3 is 10.3 Å². The van der Waals surface area contributed by atoms with Crippen LogP contribution in [0.25, 0.3) is 11.0 Å². The molecule has 0 saturated carbocycles. The normalized spacial score (nSPS) is 11.1. The van der Waals surface area contributed by atoms with Crippen molar-refractivity contribution in [2.24, 2.45) is 0 Å². The SMILES string of the molecule is CCCn1c(C)nc2cc(C)cc(N)c21. The van der Waals surface area contributed by atoms with E-state index in [0.717, 1.165) is 35.5 Å². The first-order valence-corrected chi connectivity index (χ1v) is 5.36. The fourth-order valence-electron chi connectivity index (χ4n) is 2.06. The molecule has 1 aromatic heterocycles. The highest BCUT2D eigenvalue weighted by atomic mass is 15.1. The minimum Gasteiger partial charge on any atom is -0.397 e. The number of hydrogen-bond acceptors (Lipinski definition) is 2. The number of aromatic nitrogens is 2. The highest BCUT2D eigenvalue weighted by Crippen LogP contribution is 2.24. The number of aryl methyl sites for hydroxylation is 3. The van der Waals surface area contributed by atoms with Crippen LogP contribution in [0.2, 0.25) is 0 Å². The van der Waals surface area contributed by atoms with Crippen LogP contribution in [0.1, 0.15) is 24.7 Å². The van der Waals surface area contributed by atoms with Gasteiger partial charge in [0, 0.05) is 6.54 Å². The van der Waals surface area contributed by atoms with Crippen LogP contribution < -0.4 is 5.73 Å². The topological polar surface area (TPSA) is 43.8 Å². The Balaban J connectivity index is 2.75. The molecule has 0 saturated heterocycles. The fraction of sp³-hybridized carbons (Fsp3) is 0.417. The van der Waals surface area contributed by atoms with E-state index in [-0.39, 0.29) is 0 Å². The van der Waals surface area contributed by atoms with Crippen LogP contribution in [0.15, 0.2) is 12.1 Å². The number of nitrogens with zero attached hydrogens (tertiary/aromatic N) is 2. The Hall–Kier alpha value is -1.51. The van der Waals surface area contributed by atoms with Crippen molar-refractivity contribution in [2.45, 2.75) is 33.7 Å². The predicted octanol–water partition coefficient (Wildman–Crippen LogP) is 2.65. The molecule has 2 aromatic rings. The zero-order valence-electron chi connectivity index (χ0n) is 9.54. The van der Waals surface area contributed by atoms with Gasteiger partial charge in [0.15, 0.2) is 0 Å². The molecule has 0 amide bonds. The average molecular weight is 203 g/mol. The van der Waals surface area contributed by atoms with Gasteiger partial charge in [-0.2, -0.15) is 0 Å². The molecule has 0 spiro atoms. The second kappa shape index (κ2) is 3.57. The van der Waals surface area contributed by atoms with E-state index in [0.29, 0.717) is 0 Å². The van der Waals surface area contributed by atoms with Gasteiger partial charge in [-0.1, -0.05) is 6.92 Å². The minimum atomic E-state index is 0.832. The summed E-state index contributed by atoms with van der Waals surface area (Å²) in [6.45, 7) is 7.22. The molecule has 0 radical (unpaired) electrons. The van der Waals surface area contributed by atoms with Crippen molar-refractivity contribution in [3.05, 3.63) is 23.5 Å². The smallest absolute Gasteiger partial charge is 0.106 e. The highest BCUT2D eigenvalue weighted by Gasteiger charge is 2.09. The standard InChI is InChI=1S/C12H17N3/c1-4-5-15-9(3)14-11-7-8(2)6-10(13)12(11)15/h6-7H,4-5,13H2,1-3H3. The van der Waals surface area contributed by atoms with Gasteiger partial charge >= 0.3 is 0 Å². The lowest BCUT2D eigenvalue weighted by atomic mass is 10.2.